The standard InChI is InChI=1S/C27H32F3N3O3S/c1-18(2)15-33-24(14-31-26(33)37(35,36)17-22-9-7-6-8-20(22)5)16-32(19(3)4)25(34)21-10-12-23(13-11-21)27(28,29)30/h6-14,18-19H,15-17H2,1-5H3. The van der Waals surface area contributed by atoms with Crippen LogP contribution in [0.4, 0.5) is 13.2 Å². The molecule has 3 aromatic rings. The van der Waals surface area contributed by atoms with Gasteiger partial charge in [-0.2, -0.15) is 13.2 Å². The fourth-order valence-corrected chi connectivity index (χ4v) is 5.60. The summed E-state index contributed by atoms with van der Waals surface area (Å²) in [5.74, 6) is -0.559. The molecule has 2 aromatic carbocycles. The number of hydrogen-bond donors (Lipinski definition) is 0. The van der Waals surface area contributed by atoms with Gasteiger partial charge in [-0.1, -0.05) is 38.1 Å². The van der Waals surface area contributed by atoms with Gasteiger partial charge < -0.3 is 9.47 Å². The van der Waals surface area contributed by atoms with E-state index in [4.69, 9.17) is 0 Å². The average Bonchev–Trinajstić information content (AvgIpc) is 3.20. The lowest BCUT2D eigenvalue weighted by Crippen LogP contribution is -2.37. The Morgan fingerprint density at radius 2 is 1.65 bits per heavy atom. The zero-order valence-corrected chi connectivity index (χ0v) is 22.4. The molecule has 0 aliphatic rings. The quantitative estimate of drug-likeness (QED) is 0.343. The number of hydrogen-bond acceptors (Lipinski definition) is 4. The minimum Gasteiger partial charge on any atom is -0.330 e. The minimum absolute atomic E-state index is 0.0527. The number of carbonyl (C=O) groups excluding carboxylic acids is 1. The van der Waals surface area contributed by atoms with Crippen molar-refractivity contribution < 1.29 is 26.4 Å². The lowest BCUT2D eigenvalue weighted by Gasteiger charge is -2.28. The largest absolute Gasteiger partial charge is 0.416 e. The van der Waals surface area contributed by atoms with Gasteiger partial charge in [-0.05, 0) is 62.1 Å². The van der Waals surface area contributed by atoms with E-state index in [0.29, 0.717) is 17.8 Å². The first-order valence-electron chi connectivity index (χ1n) is 12.0. The second-order valence-electron chi connectivity index (χ2n) is 9.82. The highest BCUT2D eigenvalue weighted by atomic mass is 32.2. The van der Waals surface area contributed by atoms with Crippen molar-refractivity contribution in [2.45, 2.75) is 70.8 Å². The van der Waals surface area contributed by atoms with Crippen LogP contribution in [0.3, 0.4) is 0 Å². The summed E-state index contributed by atoms with van der Waals surface area (Å²) in [5.41, 5.74) is 1.36. The zero-order chi connectivity index (χ0) is 27.5. The Morgan fingerprint density at radius 3 is 2.19 bits per heavy atom. The molecule has 37 heavy (non-hydrogen) atoms. The predicted octanol–water partition coefficient (Wildman–Crippen LogP) is 5.89. The molecule has 3 rings (SSSR count). The van der Waals surface area contributed by atoms with E-state index < -0.39 is 27.5 Å². The van der Waals surface area contributed by atoms with Crippen LogP contribution in [0.1, 0.15) is 60.4 Å². The molecule has 10 heteroatoms. The Hall–Kier alpha value is -3.14. The maximum Gasteiger partial charge on any atom is 0.416 e. The van der Waals surface area contributed by atoms with Gasteiger partial charge in [0.05, 0.1) is 29.8 Å². The lowest BCUT2D eigenvalue weighted by molar-refractivity contribution is -0.137. The molecule has 1 heterocycles. The first kappa shape index (κ1) is 28.4. The molecule has 0 radical (unpaired) electrons. The molecule has 0 saturated heterocycles. The lowest BCUT2D eigenvalue weighted by atomic mass is 10.1. The Morgan fingerprint density at radius 1 is 1.03 bits per heavy atom. The van der Waals surface area contributed by atoms with Crippen molar-refractivity contribution in [3.63, 3.8) is 0 Å². The third kappa shape index (κ3) is 6.80. The smallest absolute Gasteiger partial charge is 0.330 e. The van der Waals surface area contributed by atoms with E-state index in [2.05, 4.69) is 4.98 Å². The van der Waals surface area contributed by atoms with Crippen molar-refractivity contribution in [3.8, 4) is 0 Å². The summed E-state index contributed by atoms with van der Waals surface area (Å²) >= 11 is 0. The van der Waals surface area contributed by atoms with Gasteiger partial charge in [0.15, 0.2) is 0 Å². The predicted molar refractivity (Wildman–Crippen MR) is 136 cm³/mol. The molecule has 0 aliphatic carbocycles. The third-order valence-corrected chi connectivity index (χ3v) is 7.58. The molecular weight excluding hydrogens is 503 g/mol. The number of imidazole rings is 1. The summed E-state index contributed by atoms with van der Waals surface area (Å²) in [6, 6.07) is 11.0. The van der Waals surface area contributed by atoms with Crippen LogP contribution in [0.15, 0.2) is 59.9 Å². The highest BCUT2D eigenvalue weighted by Crippen LogP contribution is 2.29. The number of benzene rings is 2. The summed E-state index contributed by atoms with van der Waals surface area (Å²) in [4.78, 5) is 19.0. The highest BCUT2D eigenvalue weighted by Gasteiger charge is 2.31. The summed E-state index contributed by atoms with van der Waals surface area (Å²) in [6.07, 6.45) is -3.04. The number of carbonyl (C=O) groups is 1. The summed E-state index contributed by atoms with van der Waals surface area (Å²) < 4.78 is 67.3. The fraction of sp³-hybridized carbons (Fsp3) is 0.407. The number of rotatable bonds is 9. The van der Waals surface area contributed by atoms with Crippen LogP contribution < -0.4 is 0 Å². The Bertz CT molecular complexity index is 1350. The van der Waals surface area contributed by atoms with E-state index in [9.17, 15) is 26.4 Å². The number of nitrogens with zero attached hydrogens (tertiary/aromatic N) is 3. The van der Waals surface area contributed by atoms with Gasteiger partial charge in [-0.25, -0.2) is 13.4 Å². The van der Waals surface area contributed by atoms with Crippen LogP contribution in [-0.4, -0.2) is 34.8 Å². The monoisotopic (exact) mass is 535 g/mol. The molecule has 200 valence electrons. The molecule has 1 aromatic heterocycles. The fourth-order valence-electron chi connectivity index (χ4n) is 4.00. The van der Waals surface area contributed by atoms with E-state index in [1.807, 2.05) is 32.9 Å². The van der Waals surface area contributed by atoms with Crippen LogP contribution in [-0.2, 0) is 34.9 Å². The maximum atomic E-state index is 13.4. The molecule has 0 saturated carbocycles. The van der Waals surface area contributed by atoms with E-state index in [1.54, 1.807) is 30.5 Å². The molecule has 0 spiro atoms. The van der Waals surface area contributed by atoms with Crippen molar-refractivity contribution in [1.29, 1.82) is 0 Å². The molecular formula is C27H32F3N3O3S. The van der Waals surface area contributed by atoms with E-state index in [0.717, 1.165) is 29.8 Å². The number of amides is 1. The Balaban J connectivity index is 1.95. The molecule has 0 N–H and O–H groups in total. The molecule has 6 nitrogen and oxygen atoms in total. The number of aryl methyl sites for hydroxylation is 1. The molecule has 0 atom stereocenters. The molecule has 0 unspecified atom stereocenters. The maximum absolute atomic E-state index is 13.4. The van der Waals surface area contributed by atoms with Crippen LogP contribution in [0.2, 0.25) is 0 Å². The van der Waals surface area contributed by atoms with E-state index in [-0.39, 0.29) is 35.0 Å². The van der Waals surface area contributed by atoms with Crippen molar-refractivity contribution in [3.05, 3.63) is 82.7 Å². The number of sulfone groups is 1. The second kappa shape index (κ2) is 11.1. The van der Waals surface area contributed by atoms with Crippen LogP contribution in [0.25, 0.3) is 0 Å². The first-order chi connectivity index (χ1) is 17.2. The van der Waals surface area contributed by atoms with Gasteiger partial charge in [0, 0.05) is 18.2 Å². The van der Waals surface area contributed by atoms with Crippen LogP contribution >= 0.6 is 0 Å². The molecule has 0 aliphatic heterocycles. The number of aromatic nitrogens is 2. The average molecular weight is 536 g/mol. The Kier molecular flexibility index (Phi) is 8.52. The topological polar surface area (TPSA) is 72.3 Å². The Labute approximate surface area is 216 Å². The SMILES string of the molecule is Cc1ccccc1CS(=O)(=O)c1ncc(CN(C(=O)c2ccc(C(F)(F)F)cc2)C(C)C)n1CC(C)C. The third-order valence-electron chi connectivity index (χ3n) is 6.01. The number of halogens is 3. The normalized spacial score (nSPS) is 12.4. The van der Waals surface area contributed by atoms with Crippen LogP contribution in [0.5, 0.6) is 0 Å². The van der Waals surface area contributed by atoms with Crippen molar-refractivity contribution in [1.82, 2.24) is 14.5 Å². The minimum atomic E-state index is -4.50. The molecule has 0 bridgehead atoms. The van der Waals surface area contributed by atoms with Crippen molar-refractivity contribution in [2.75, 3.05) is 0 Å². The summed E-state index contributed by atoms with van der Waals surface area (Å²) in [6.45, 7) is 9.77. The summed E-state index contributed by atoms with van der Waals surface area (Å²) in [7, 11) is -3.80. The van der Waals surface area contributed by atoms with Gasteiger partial charge in [-0.15, -0.1) is 0 Å². The zero-order valence-electron chi connectivity index (χ0n) is 21.6. The van der Waals surface area contributed by atoms with Gasteiger partial charge in [0.1, 0.15) is 0 Å². The summed E-state index contributed by atoms with van der Waals surface area (Å²) in [5, 5.41) is -0.0647. The van der Waals surface area contributed by atoms with Crippen molar-refractivity contribution in [2.24, 2.45) is 5.92 Å². The molecule has 1 amide bonds. The van der Waals surface area contributed by atoms with E-state index >= 15 is 0 Å². The van der Waals surface area contributed by atoms with Crippen LogP contribution in [0, 0.1) is 12.8 Å². The van der Waals surface area contributed by atoms with E-state index in [1.165, 1.54) is 11.1 Å². The molecule has 0 fully saturated rings. The number of alkyl halides is 3. The highest BCUT2D eigenvalue weighted by molar-refractivity contribution is 7.90. The first-order valence-corrected chi connectivity index (χ1v) is 13.7. The van der Waals surface area contributed by atoms with Gasteiger partial charge in [-0.3, -0.25) is 4.79 Å². The van der Waals surface area contributed by atoms with Crippen molar-refractivity contribution >= 4 is 15.7 Å². The van der Waals surface area contributed by atoms with Gasteiger partial charge in [0.2, 0.25) is 15.0 Å². The van der Waals surface area contributed by atoms with Gasteiger partial charge >= 0.3 is 6.18 Å². The van der Waals surface area contributed by atoms with Gasteiger partial charge in [0.25, 0.3) is 5.91 Å². The second-order valence-corrected chi connectivity index (χ2v) is 11.7.